The molecular formula is C13H12BrNO3S. The lowest BCUT2D eigenvalue weighted by atomic mass is 10.3. The minimum Gasteiger partial charge on any atom is -0.475 e. The van der Waals surface area contributed by atoms with E-state index in [1.807, 2.05) is 18.2 Å². The molecule has 0 amide bonds. The number of nitrogens with two attached hydrogens (primary N) is 1. The van der Waals surface area contributed by atoms with Crippen LogP contribution in [0.2, 0.25) is 0 Å². The SMILES string of the molecule is Cc1oc(C(=O)O)cc1CSc1ccc(Br)cc1N. The van der Waals surface area contributed by atoms with Crippen molar-refractivity contribution < 1.29 is 14.3 Å². The molecule has 6 heteroatoms. The average molecular weight is 342 g/mol. The number of anilines is 1. The molecule has 4 nitrogen and oxygen atoms in total. The normalized spacial score (nSPS) is 10.6. The highest BCUT2D eigenvalue weighted by Gasteiger charge is 2.13. The Morgan fingerprint density at radius 2 is 2.21 bits per heavy atom. The monoisotopic (exact) mass is 341 g/mol. The number of hydrogen-bond acceptors (Lipinski definition) is 4. The predicted molar refractivity (Wildman–Crippen MR) is 78.5 cm³/mol. The molecular weight excluding hydrogens is 330 g/mol. The van der Waals surface area contributed by atoms with Gasteiger partial charge in [0.1, 0.15) is 5.76 Å². The molecule has 19 heavy (non-hydrogen) atoms. The summed E-state index contributed by atoms with van der Waals surface area (Å²) in [5, 5.41) is 8.86. The van der Waals surface area contributed by atoms with E-state index in [0.717, 1.165) is 14.9 Å². The molecule has 0 saturated heterocycles. The summed E-state index contributed by atoms with van der Waals surface area (Å²) in [6.07, 6.45) is 0. The first kappa shape index (κ1) is 14.0. The highest BCUT2D eigenvalue weighted by atomic mass is 79.9. The maximum atomic E-state index is 10.8. The molecule has 100 valence electrons. The molecule has 0 aliphatic carbocycles. The molecule has 0 fully saturated rings. The molecule has 2 aromatic rings. The van der Waals surface area contributed by atoms with Crippen LogP contribution in [0.3, 0.4) is 0 Å². The van der Waals surface area contributed by atoms with Crippen molar-refractivity contribution in [2.45, 2.75) is 17.6 Å². The van der Waals surface area contributed by atoms with Gasteiger partial charge in [-0.1, -0.05) is 15.9 Å². The van der Waals surface area contributed by atoms with Gasteiger partial charge in [0.2, 0.25) is 5.76 Å². The lowest BCUT2D eigenvalue weighted by Crippen LogP contribution is -1.92. The van der Waals surface area contributed by atoms with Gasteiger partial charge in [0, 0.05) is 26.4 Å². The van der Waals surface area contributed by atoms with Crippen LogP contribution in [-0.4, -0.2) is 11.1 Å². The minimum atomic E-state index is -1.05. The quantitative estimate of drug-likeness (QED) is 0.650. The van der Waals surface area contributed by atoms with Crippen LogP contribution in [0.4, 0.5) is 5.69 Å². The van der Waals surface area contributed by atoms with Crippen LogP contribution in [-0.2, 0) is 5.75 Å². The number of carbonyl (C=O) groups is 1. The van der Waals surface area contributed by atoms with Crippen LogP contribution in [0.15, 0.2) is 38.1 Å². The summed E-state index contributed by atoms with van der Waals surface area (Å²) < 4.78 is 6.09. The number of carboxylic acid groups (broad SMARTS) is 1. The number of carboxylic acids is 1. The largest absolute Gasteiger partial charge is 0.475 e. The summed E-state index contributed by atoms with van der Waals surface area (Å²) in [5.74, 6) is 0.161. The minimum absolute atomic E-state index is 0.0307. The maximum Gasteiger partial charge on any atom is 0.371 e. The molecule has 0 atom stereocenters. The van der Waals surface area contributed by atoms with E-state index in [4.69, 9.17) is 15.3 Å². The van der Waals surface area contributed by atoms with Crippen molar-refractivity contribution in [2.24, 2.45) is 0 Å². The smallest absolute Gasteiger partial charge is 0.371 e. The number of rotatable bonds is 4. The Kier molecular flexibility index (Phi) is 4.21. The lowest BCUT2D eigenvalue weighted by molar-refractivity contribution is 0.0661. The van der Waals surface area contributed by atoms with Gasteiger partial charge in [-0.25, -0.2) is 4.79 Å². The van der Waals surface area contributed by atoms with Crippen LogP contribution in [0.25, 0.3) is 0 Å². The van der Waals surface area contributed by atoms with E-state index in [1.54, 1.807) is 24.8 Å². The Bertz CT molecular complexity index is 624. The van der Waals surface area contributed by atoms with Gasteiger partial charge in [-0.05, 0) is 31.2 Å². The van der Waals surface area contributed by atoms with Gasteiger partial charge in [0.05, 0.1) is 0 Å². The Labute approximate surface area is 123 Å². The van der Waals surface area contributed by atoms with Crippen molar-refractivity contribution in [2.75, 3.05) is 5.73 Å². The fraction of sp³-hybridized carbons (Fsp3) is 0.154. The van der Waals surface area contributed by atoms with Crippen molar-refractivity contribution in [3.63, 3.8) is 0 Å². The van der Waals surface area contributed by atoms with Crippen LogP contribution in [0, 0.1) is 6.92 Å². The van der Waals surface area contributed by atoms with Gasteiger partial charge in [-0.15, -0.1) is 11.8 Å². The summed E-state index contributed by atoms with van der Waals surface area (Å²) in [4.78, 5) is 11.8. The van der Waals surface area contributed by atoms with Gasteiger partial charge in [-0.3, -0.25) is 0 Å². The first-order valence-corrected chi connectivity index (χ1v) is 7.25. The molecule has 1 aromatic carbocycles. The molecule has 0 unspecified atom stereocenters. The summed E-state index contributed by atoms with van der Waals surface area (Å²) in [7, 11) is 0. The summed E-state index contributed by atoms with van der Waals surface area (Å²) in [5.41, 5.74) is 7.47. The molecule has 2 rings (SSSR count). The third kappa shape index (κ3) is 3.33. The number of aromatic carboxylic acids is 1. The predicted octanol–water partition coefficient (Wildman–Crippen LogP) is 3.92. The zero-order valence-corrected chi connectivity index (χ0v) is 12.5. The number of benzene rings is 1. The summed E-state index contributed by atoms with van der Waals surface area (Å²) in [6.45, 7) is 1.76. The number of hydrogen-bond donors (Lipinski definition) is 2. The summed E-state index contributed by atoms with van der Waals surface area (Å²) >= 11 is 4.90. The third-order valence-corrected chi connectivity index (χ3v) is 4.22. The number of aryl methyl sites for hydroxylation is 1. The zero-order chi connectivity index (χ0) is 14.0. The van der Waals surface area contributed by atoms with E-state index in [2.05, 4.69) is 15.9 Å². The van der Waals surface area contributed by atoms with Gasteiger partial charge in [0.25, 0.3) is 0 Å². The second-order valence-corrected chi connectivity index (χ2v) is 5.90. The maximum absolute atomic E-state index is 10.8. The molecule has 0 aliphatic heterocycles. The van der Waals surface area contributed by atoms with Crippen LogP contribution in [0.5, 0.6) is 0 Å². The third-order valence-electron chi connectivity index (χ3n) is 2.59. The van der Waals surface area contributed by atoms with Gasteiger partial charge in [-0.2, -0.15) is 0 Å². The molecule has 0 radical (unpaired) electrons. The van der Waals surface area contributed by atoms with Crippen molar-refractivity contribution in [3.05, 3.63) is 45.8 Å². The average Bonchev–Trinajstić information content (AvgIpc) is 2.70. The molecule has 0 bridgehead atoms. The van der Waals surface area contributed by atoms with E-state index >= 15 is 0 Å². The second kappa shape index (κ2) is 5.71. The molecule has 0 spiro atoms. The van der Waals surface area contributed by atoms with Gasteiger partial charge in [0.15, 0.2) is 0 Å². The molecule has 0 aliphatic rings. The molecule has 1 heterocycles. The van der Waals surface area contributed by atoms with Crippen molar-refractivity contribution >= 4 is 39.3 Å². The number of thioether (sulfide) groups is 1. The van der Waals surface area contributed by atoms with E-state index in [1.165, 1.54) is 0 Å². The Balaban J connectivity index is 2.12. The fourth-order valence-electron chi connectivity index (χ4n) is 1.57. The fourth-order valence-corrected chi connectivity index (χ4v) is 2.94. The van der Waals surface area contributed by atoms with E-state index in [-0.39, 0.29) is 5.76 Å². The molecule has 1 aromatic heterocycles. The highest BCUT2D eigenvalue weighted by molar-refractivity contribution is 9.10. The number of nitrogen functional groups attached to an aromatic ring is 1. The van der Waals surface area contributed by atoms with Crippen LogP contribution >= 0.6 is 27.7 Å². The van der Waals surface area contributed by atoms with E-state index < -0.39 is 5.97 Å². The molecule has 0 saturated carbocycles. The standard InChI is InChI=1S/C13H12BrNO3S/c1-7-8(4-11(18-7)13(16)17)6-19-12-3-2-9(14)5-10(12)15/h2-5H,6,15H2,1H3,(H,16,17). The topological polar surface area (TPSA) is 76.5 Å². The number of furan rings is 1. The Hall–Kier alpha value is -1.40. The lowest BCUT2D eigenvalue weighted by Gasteiger charge is -2.05. The van der Waals surface area contributed by atoms with Gasteiger partial charge < -0.3 is 15.3 Å². The van der Waals surface area contributed by atoms with Crippen LogP contribution < -0.4 is 5.73 Å². The van der Waals surface area contributed by atoms with Crippen molar-refractivity contribution in [1.82, 2.24) is 0 Å². The van der Waals surface area contributed by atoms with Gasteiger partial charge >= 0.3 is 5.97 Å². The zero-order valence-electron chi connectivity index (χ0n) is 10.1. The Morgan fingerprint density at radius 1 is 1.47 bits per heavy atom. The highest BCUT2D eigenvalue weighted by Crippen LogP contribution is 2.31. The number of halogens is 1. The van der Waals surface area contributed by atoms with Crippen molar-refractivity contribution in [1.29, 1.82) is 0 Å². The first-order chi connectivity index (χ1) is 8.97. The van der Waals surface area contributed by atoms with Crippen LogP contribution in [0.1, 0.15) is 21.9 Å². The van der Waals surface area contributed by atoms with E-state index in [0.29, 0.717) is 17.2 Å². The second-order valence-electron chi connectivity index (χ2n) is 3.97. The summed E-state index contributed by atoms with van der Waals surface area (Å²) in [6, 6.07) is 7.24. The Morgan fingerprint density at radius 3 is 2.79 bits per heavy atom. The first-order valence-electron chi connectivity index (χ1n) is 5.48. The van der Waals surface area contributed by atoms with Crippen molar-refractivity contribution in [3.8, 4) is 0 Å². The molecule has 3 N–H and O–H groups in total. The van der Waals surface area contributed by atoms with E-state index in [9.17, 15) is 4.79 Å².